The van der Waals surface area contributed by atoms with Crippen LogP contribution in [0, 0.1) is 0 Å². The van der Waals surface area contributed by atoms with Crippen LogP contribution in [0.1, 0.15) is 6.92 Å². The molecular weight excluding hydrogens is 146 g/mol. The predicted octanol–water partition coefficient (Wildman–Crippen LogP) is -0.0159. The molecule has 0 saturated heterocycles. The number of anilines is 1. The minimum Gasteiger partial charge on any atom is -0.406 e. The summed E-state index contributed by atoms with van der Waals surface area (Å²) in [5, 5.41) is 0. The van der Waals surface area contributed by atoms with Crippen molar-refractivity contribution in [1.82, 2.24) is 9.97 Å². The summed E-state index contributed by atoms with van der Waals surface area (Å²) >= 11 is 0. The quantitative estimate of drug-likeness (QED) is 0.574. The largest absolute Gasteiger partial charge is 0.406 e. The lowest BCUT2D eigenvalue weighted by Crippen LogP contribution is -2.03. The first kappa shape index (κ1) is 7.46. The van der Waals surface area contributed by atoms with E-state index in [4.69, 9.17) is 5.73 Å². The summed E-state index contributed by atoms with van der Waals surface area (Å²) in [6.07, 6.45) is 2.61. The van der Waals surface area contributed by atoms with Crippen LogP contribution in [0.25, 0.3) is 0 Å². The lowest BCUT2D eigenvalue weighted by molar-refractivity contribution is -0.132. The van der Waals surface area contributed by atoms with E-state index in [0.717, 1.165) is 0 Å². The molecule has 0 radical (unpaired) electrons. The van der Waals surface area contributed by atoms with E-state index in [0.29, 0.717) is 5.82 Å². The fourth-order valence-electron chi connectivity index (χ4n) is 0.526. The van der Waals surface area contributed by atoms with E-state index in [1.165, 1.54) is 19.3 Å². The number of hydrogen-bond acceptors (Lipinski definition) is 5. The molecule has 1 rings (SSSR count). The average molecular weight is 153 g/mol. The monoisotopic (exact) mass is 153 g/mol. The molecule has 1 aromatic rings. The Balaban J connectivity index is 2.74. The Hall–Kier alpha value is -1.65. The summed E-state index contributed by atoms with van der Waals surface area (Å²) in [6, 6.07) is 0. The van der Waals surface area contributed by atoms with Gasteiger partial charge in [-0.3, -0.25) is 4.79 Å². The molecule has 2 N–H and O–H groups in total. The highest BCUT2D eigenvalue weighted by Gasteiger charge is 1.97. The molecule has 5 nitrogen and oxygen atoms in total. The zero-order chi connectivity index (χ0) is 8.27. The van der Waals surface area contributed by atoms with E-state index in [1.54, 1.807) is 0 Å². The molecule has 0 atom stereocenters. The number of rotatable bonds is 1. The number of esters is 1. The van der Waals surface area contributed by atoms with Gasteiger partial charge < -0.3 is 10.5 Å². The van der Waals surface area contributed by atoms with Gasteiger partial charge in [-0.25, -0.2) is 9.97 Å². The van der Waals surface area contributed by atoms with E-state index in [1.807, 2.05) is 0 Å². The van der Waals surface area contributed by atoms with Crippen molar-refractivity contribution in [2.24, 2.45) is 0 Å². The van der Waals surface area contributed by atoms with Crippen molar-refractivity contribution >= 4 is 11.8 Å². The molecular formula is C6H7N3O2. The molecule has 0 aromatic carbocycles. The Labute approximate surface area is 63.2 Å². The summed E-state index contributed by atoms with van der Waals surface area (Å²) in [7, 11) is 0. The topological polar surface area (TPSA) is 78.1 Å². The van der Waals surface area contributed by atoms with E-state index in [9.17, 15) is 4.79 Å². The van der Waals surface area contributed by atoms with Crippen molar-refractivity contribution in [3.8, 4) is 5.88 Å². The normalized spacial score (nSPS) is 9.18. The Kier molecular flexibility index (Phi) is 2.00. The molecule has 0 aliphatic rings. The maximum Gasteiger partial charge on any atom is 0.309 e. The van der Waals surface area contributed by atoms with Crippen LogP contribution in [0.2, 0.25) is 0 Å². The molecule has 0 fully saturated rings. The standard InChI is InChI=1S/C6H7N3O2/c1-4(10)11-6-3-8-5(7)2-9-6/h2-3H,1H3,(H2,7,8). The van der Waals surface area contributed by atoms with Crippen LogP contribution in [0.4, 0.5) is 5.82 Å². The van der Waals surface area contributed by atoms with E-state index in [-0.39, 0.29) is 5.88 Å². The molecule has 0 amide bonds. The lowest BCUT2D eigenvalue weighted by Gasteiger charge is -1.97. The number of nitrogen functional groups attached to an aromatic ring is 1. The molecule has 5 heteroatoms. The van der Waals surface area contributed by atoms with Gasteiger partial charge in [-0.05, 0) is 0 Å². The summed E-state index contributed by atoms with van der Waals surface area (Å²) < 4.78 is 4.60. The fraction of sp³-hybridized carbons (Fsp3) is 0.167. The minimum absolute atomic E-state index is 0.159. The first-order valence-electron chi connectivity index (χ1n) is 2.94. The van der Waals surface area contributed by atoms with Crippen molar-refractivity contribution in [3.05, 3.63) is 12.4 Å². The number of hydrogen-bond donors (Lipinski definition) is 1. The van der Waals surface area contributed by atoms with Crippen LogP contribution >= 0.6 is 0 Å². The van der Waals surface area contributed by atoms with Crippen LogP contribution in [0.3, 0.4) is 0 Å². The minimum atomic E-state index is -0.427. The van der Waals surface area contributed by atoms with Crippen molar-refractivity contribution in [1.29, 1.82) is 0 Å². The van der Waals surface area contributed by atoms with Gasteiger partial charge in [-0.1, -0.05) is 0 Å². The number of carbonyl (C=O) groups is 1. The SMILES string of the molecule is CC(=O)Oc1cnc(N)cn1. The smallest absolute Gasteiger partial charge is 0.309 e. The number of carbonyl (C=O) groups excluding carboxylic acids is 1. The van der Waals surface area contributed by atoms with Crippen LogP contribution in [0.5, 0.6) is 5.88 Å². The van der Waals surface area contributed by atoms with E-state index in [2.05, 4.69) is 14.7 Å². The maximum absolute atomic E-state index is 10.4. The van der Waals surface area contributed by atoms with Crippen LogP contribution in [-0.2, 0) is 4.79 Å². The van der Waals surface area contributed by atoms with Gasteiger partial charge in [0.15, 0.2) is 0 Å². The Morgan fingerprint density at radius 1 is 1.55 bits per heavy atom. The molecule has 0 aliphatic carbocycles. The third kappa shape index (κ3) is 2.21. The second kappa shape index (κ2) is 2.96. The molecule has 0 unspecified atom stereocenters. The van der Waals surface area contributed by atoms with Crippen molar-refractivity contribution in [2.45, 2.75) is 6.92 Å². The molecule has 0 spiro atoms. The second-order valence-corrected chi connectivity index (χ2v) is 1.87. The van der Waals surface area contributed by atoms with Gasteiger partial charge in [0.25, 0.3) is 0 Å². The first-order chi connectivity index (χ1) is 5.18. The Morgan fingerprint density at radius 2 is 2.27 bits per heavy atom. The molecule has 11 heavy (non-hydrogen) atoms. The summed E-state index contributed by atoms with van der Waals surface area (Å²) in [5.41, 5.74) is 5.24. The summed E-state index contributed by atoms with van der Waals surface area (Å²) in [6.45, 7) is 1.29. The highest BCUT2D eigenvalue weighted by atomic mass is 16.5. The Bertz CT molecular complexity index is 257. The molecule has 1 aromatic heterocycles. The third-order valence-electron chi connectivity index (χ3n) is 0.896. The summed E-state index contributed by atoms with van der Waals surface area (Å²) in [4.78, 5) is 17.7. The van der Waals surface area contributed by atoms with Crippen LogP contribution in [-0.4, -0.2) is 15.9 Å². The highest BCUT2D eigenvalue weighted by molar-refractivity contribution is 5.68. The van der Waals surface area contributed by atoms with Gasteiger partial charge >= 0.3 is 5.97 Å². The first-order valence-corrected chi connectivity index (χ1v) is 2.94. The van der Waals surface area contributed by atoms with Crippen molar-refractivity contribution in [3.63, 3.8) is 0 Å². The van der Waals surface area contributed by atoms with Gasteiger partial charge in [-0.2, -0.15) is 0 Å². The van der Waals surface area contributed by atoms with Crippen LogP contribution in [0.15, 0.2) is 12.4 Å². The maximum atomic E-state index is 10.4. The van der Waals surface area contributed by atoms with Crippen LogP contribution < -0.4 is 10.5 Å². The van der Waals surface area contributed by atoms with E-state index >= 15 is 0 Å². The van der Waals surface area contributed by atoms with E-state index < -0.39 is 5.97 Å². The number of nitrogens with zero attached hydrogens (tertiary/aromatic N) is 2. The zero-order valence-corrected chi connectivity index (χ0v) is 5.94. The number of nitrogens with two attached hydrogens (primary N) is 1. The number of aromatic nitrogens is 2. The molecule has 0 saturated carbocycles. The third-order valence-corrected chi connectivity index (χ3v) is 0.896. The molecule has 0 aliphatic heterocycles. The second-order valence-electron chi connectivity index (χ2n) is 1.87. The highest BCUT2D eigenvalue weighted by Crippen LogP contribution is 2.03. The van der Waals surface area contributed by atoms with Gasteiger partial charge in [0.2, 0.25) is 5.88 Å². The van der Waals surface area contributed by atoms with Gasteiger partial charge in [0.05, 0.1) is 12.4 Å². The van der Waals surface area contributed by atoms with Gasteiger partial charge in [-0.15, -0.1) is 0 Å². The lowest BCUT2D eigenvalue weighted by atomic mass is 10.6. The van der Waals surface area contributed by atoms with Gasteiger partial charge in [0, 0.05) is 6.92 Å². The molecule has 1 heterocycles. The van der Waals surface area contributed by atoms with Crippen molar-refractivity contribution < 1.29 is 9.53 Å². The number of ether oxygens (including phenoxy) is 1. The molecule has 58 valence electrons. The Morgan fingerprint density at radius 3 is 2.73 bits per heavy atom. The predicted molar refractivity (Wildman–Crippen MR) is 37.8 cm³/mol. The van der Waals surface area contributed by atoms with Gasteiger partial charge in [0.1, 0.15) is 5.82 Å². The summed E-state index contributed by atoms with van der Waals surface area (Å²) in [5.74, 6) is 0.0247. The fourth-order valence-corrected chi connectivity index (χ4v) is 0.526. The average Bonchev–Trinajstić information content (AvgIpc) is 1.93. The zero-order valence-electron chi connectivity index (χ0n) is 5.94. The van der Waals surface area contributed by atoms with Crippen molar-refractivity contribution in [2.75, 3.05) is 5.73 Å². The molecule has 0 bridgehead atoms.